The summed E-state index contributed by atoms with van der Waals surface area (Å²) >= 11 is 3.24. The Labute approximate surface area is 161 Å². The van der Waals surface area contributed by atoms with E-state index in [4.69, 9.17) is 4.74 Å². The van der Waals surface area contributed by atoms with Crippen LogP contribution in [-0.4, -0.2) is 40.2 Å². The van der Waals surface area contributed by atoms with Crippen molar-refractivity contribution in [3.05, 3.63) is 64.6 Å². The van der Waals surface area contributed by atoms with Gasteiger partial charge in [-0.3, -0.25) is 4.79 Å². The molecule has 1 aliphatic rings. The molecule has 0 aliphatic carbocycles. The van der Waals surface area contributed by atoms with Gasteiger partial charge in [0.15, 0.2) is 6.61 Å². The van der Waals surface area contributed by atoms with E-state index in [9.17, 15) is 23.1 Å². The molecule has 1 aliphatic heterocycles. The van der Waals surface area contributed by atoms with Crippen LogP contribution in [-0.2, 0) is 4.79 Å². The highest BCUT2D eigenvalue weighted by atomic mass is 79.9. The fourth-order valence-electron chi connectivity index (χ4n) is 2.55. The van der Waals surface area contributed by atoms with Gasteiger partial charge in [-0.2, -0.15) is 23.3 Å². The summed E-state index contributed by atoms with van der Waals surface area (Å²) in [4.78, 5) is 12.3. The van der Waals surface area contributed by atoms with Gasteiger partial charge in [-0.1, -0.05) is 46.3 Å². The van der Waals surface area contributed by atoms with Crippen molar-refractivity contribution < 1.29 is 27.8 Å². The molecule has 0 saturated carbocycles. The predicted molar refractivity (Wildman–Crippen MR) is 95.1 cm³/mol. The van der Waals surface area contributed by atoms with E-state index in [0.29, 0.717) is 11.3 Å². The van der Waals surface area contributed by atoms with Crippen LogP contribution in [0.3, 0.4) is 0 Å². The Balaban J connectivity index is 1.85. The molecule has 1 heterocycles. The van der Waals surface area contributed by atoms with Crippen molar-refractivity contribution in [2.75, 3.05) is 6.61 Å². The quantitative estimate of drug-likeness (QED) is 0.784. The summed E-state index contributed by atoms with van der Waals surface area (Å²) in [7, 11) is 0. The molecular weight excluding hydrogens is 429 g/mol. The number of aliphatic hydroxyl groups is 1. The molecule has 0 fully saturated rings. The number of ether oxygens (including phenoxy) is 1. The Morgan fingerprint density at radius 3 is 2.41 bits per heavy atom. The van der Waals surface area contributed by atoms with E-state index in [2.05, 4.69) is 21.0 Å². The first-order valence-electron chi connectivity index (χ1n) is 7.84. The molecule has 0 saturated heterocycles. The van der Waals surface area contributed by atoms with Gasteiger partial charge < -0.3 is 9.84 Å². The van der Waals surface area contributed by atoms with E-state index in [-0.39, 0.29) is 10.7 Å². The van der Waals surface area contributed by atoms with Crippen molar-refractivity contribution in [2.45, 2.75) is 18.3 Å². The van der Waals surface area contributed by atoms with E-state index in [1.807, 2.05) is 0 Å². The number of nitrogens with zero attached hydrogens (tertiary/aromatic N) is 2. The largest absolute Gasteiger partial charge is 0.484 e. The molecule has 9 heteroatoms. The summed E-state index contributed by atoms with van der Waals surface area (Å²) < 4.78 is 46.5. The zero-order chi connectivity index (χ0) is 19.7. The van der Waals surface area contributed by atoms with Gasteiger partial charge in [0.05, 0.1) is 12.1 Å². The number of para-hydroxylation sites is 1. The third-order valence-corrected chi connectivity index (χ3v) is 4.49. The fraction of sp³-hybridized carbons (Fsp3) is 0.222. The van der Waals surface area contributed by atoms with Crippen LogP contribution in [0.1, 0.15) is 12.0 Å². The SMILES string of the molecule is O=C(COc1ccccc1)N1N=C(c2ccc(Br)cc2)CC1(O)C(F)(F)F. The van der Waals surface area contributed by atoms with E-state index >= 15 is 0 Å². The van der Waals surface area contributed by atoms with Gasteiger partial charge in [0.25, 0.3) is 11.6 Å². The standard InChI is InChI=1S/C18H14BrF3N2O3/c19-13-8-6-12(7-9-13)15-10-17(26,18(20,21)22)24(23-15)16(25)11-27-14-4-2-1-3-5-14/h1-9,26H,10-11H2. The molecule has 0 bridgehead atoms. The molecule has 0 spiro atoms. The molecule has 2 aromatic rings. The molecule has 27 heavy (non-hydrogen) atoms. The van der Waals surface area contributed by atoms with Gasteiger partial charge in [-0.25, -0.2) is 0 Å². The highest BCUT2D eigenvalue weighted by molar-refractivity contribution is 9.10. The van der Waals surface area contributed by atoms with Crippen LogP contribution in [0.4, 0.5) is 13.2 Å². The average molecular weight is 443 g/mol. The minimum atomic E-state index is -5.09. The second-order valence-corrected chi connectivity index (χ2v) is 6.77. The predicted octanol–water partition coefficient (Wildman–Crippen LogP) is 3.72. The molecule has 0 aromatic heterocycles. The van der Waals surface area contributed by atoms with Crippen LogP contribution in [0.15, 0.2) is 64.2 Å². The minimum Gasteiger partial charge on any atom is -0.484 e. The Bertz CT molecular complexity index is 856. The van der Waals surface area contributed by atoms with Crippen LogP contribution in [0.2, 0.25) is 0 Å². The second kappa shape index (κ2) is 7.32. The fourth-order valence-corrected chi connectivity index (χ4v) is 2.82. The van der Waals surface area contributed by atoms with Gasteiger partial charge in [0, 0.05) is 4.47 Å². The van der Waals surface area contributed by atoms with E-state index in [1.54, 1.807) is 54.6 Å². The number of rotatable bonds is 4. The number of alkyl halides is 3. The number of hydrogen-bond donors (Lipinski definition) is 1. The van der Waals surface area contributed by atoms with Gasteiger partial charge >= 0.3 is 6.18 Å². The van der Waals surface area contributed by atoms with Gasteiger partial charge in [0.2, 0.25) is 0 Å². The lowest BCUT2D eigenvalue weighted by atomic mass is 10.0. The third kappa shape index (κ3) is 3.98. The van der Waals surface area contributed by atoms with Crippen molar-refractivity contribution in [2.24, 2.45) is 5.10 Å². The third-order valence-electron chi connectivity index (χ3n) is 3.96. The van der Waals surface area contributed by atoms with Crippen molar-refractivity contribution in [3.63, 3.8) is 0 Å². The van der Waals surface area contributed by atoms with Crippen LogP contribution >= 0.6 is 15.9 Å². The molecule has 1 amide bonds. The molecule has 3 rings (SSSR count). The average Bonchev–Trinajstić information content (AvgIpc) is 3.00. The van der Waals surface area contributed by atoms with E-state index in [0.717, 1.165) is 4.47 Å². The number of amides is 1. The van der Waals surface area contributed by atoms with Crippen LogP contribution < -0.4 is 4.74 Å². The van der Waals surface area contributed by atoms with Gasteiger partial charge in [-0.15, -0.1) is 0 Å². The highest BCUT2D eigenvalue weighted by Crippen LogP contribution is 2.41. The normalized spacial score (nSPS) is 19.7. The number of halogens is 4. The van der Waals surface area contributed by atoms with Gasteiger partial charge in [-0.05, 0) is 29.8 Å². The Kier molecular flexibility index (Phi) is 5.25. The Hall–Kier alpha value is -2.39. The second-order valence-electron chi connectivity index (χ2n) is 5.85. The maximum absolute atomic E-state index is 13.5. The smallest absolute Gasteiger partial charge is 0.438 e. The van der Waals surface area contributed by atoms with Crippen molar-refractivity contribution >= 4 is 27.5 Å². The summed E-state index contributed by atoms with van der Waals surface area (Å²) in [6.45, 7) is -0.695. The lowest BCUT2D eigenvalue weighted by Crippen LogP contribution is -2.57. The van der Waals surface area contributed by atoms with Crippen molar-refractivity contribution in [3.8, 4) is 5.75 Å². The first kappa shape index (κ1) is 19.4. The monoisotopic (exact) mass is 442 g/mol. The maximum atomic E-state index is 13.5. The number of carbonyl (C=O) groups is 1. The number of hydrazone groups is 1. The summed E-state index contributed by atoms with van der Waals surface area (Å²) in [6.07, 6.45) is -5.95. The maximum Gasteiger partial charge on any atom is 0.438 e. The highest BCUT2D eigenvalue weighted by Gasteiger charge is 2.63. The number of carbonyl (C=O) groups excluding carboxylic acids is 1. The van der Waals surface area contributed by atoms with Crippen molar-refractivity contribution in [1.29, 1.82) is 0 Å². The van der Waals surface area contributed by atoms with E-state index < -0.39 is 30.8 Å². The zero-order valence-corrected chi connectivity index (χ0v) is 15.4. The molecule has 1 N–H and O–H groups in total. The summed E-state index contributed by atoms with van der Waals surface area (Å²) in [5.41, 5.74) is -3.09. The van der Waals surface area contributed by atoms with Crippen LogP contribution in [0, 0.1) is 0 Å². The van der Waals surface area contributed by atoms with Crippen LogP contribution in [0.5, 0.6) is 5.75 Å². The first-order chi connectivity index (χ1) is 12.7. The summed E-state index contributed by atoms with van der Waals surface area (Å²) in [5.74, 6) is -0.788. The molecular formula is C18H14BrF3N2O3. The first-order valence-corrected chi connectivity index (χ1v) is 8.63. The Morgan fingerprint density at radius 2 is 1.81 bits per heavy atom. The minimum absolute atomic E-state index is 0.0459. The summed E-state index contributed by atoms with van der Waals surface area (Å²) in [5, 5.41) is 14.1. The van der Waals surface area contributed by atoms with Gasteiger partial charge in [0.1, 0.15) is 5.75 Å². The number of hydrogen-bond acceptors (Lipinski definition) is 4. The Morgan fingerprint density at radius 1 is 1.19 bits per heavy atom. The van der Waals surface area contributed by atoms with Crippen LogP contribution in [0.25, 0.3) is 0 Å². The summed E-state index contributed by atoms with van der Waals surface area (Å²) in [6, 6.07) is 14.5. The zero-order valence-electron chi connectivity index (χ0n) is 13.8. The molecule has 5 nitrogen and oxygen atoms in total. The lowest BCUT2D eigenvalue weighted by molar-refractivity contribution is -0.302. The van der Waals surface area contributed by atoms with Crippen molar-refractivity contribution in [1.82, 2.24) is 5.01 Å². The topological polar surface area (TPSA) is 62.1 Å². The van der Waals surface area contributed by atoms with E-state index in [1.165, 1.54) is 0 Å². The molecule has 2 aromatic carbocycles. The molecule has 0 radical (unpaired) electrons. The molecule has 142 valence electrons. The number of benzene rings is 2. The molecule has 1 atom stereocenters. The molecule has 1 unspecified atom stereocenters. The lowest BCUT2D eigenvalue weighted by Gasteiger charge is -2.32.